The Balaban J connectivity index is 0.000000479. The van der Waals surface area contributed by atoms with Gasteiger partial charge in [0.2, 0.25) is 5.91 Å². The fourth-order valence-corrected chi connectivity index (χ4v) is 3.47. The second-order valence-electron chi connectivity index (χ2n) is 8.28. The molecule has 3 aromatic rings. The summed E-state index contributed by atoms with van der Waals surface area (Å²) in [7, 11) is 0. The molecule has 0 aromatic carbocycles. The van der Waals surface area contributed by atoms with Crippen molar-refractivity contribution in [3.05, 3.63) is 41.4 Å². The number of carbonyl (C=O) groups excluding carboxylic acids is 1. The highest BCUT2D eigenvalue weighted by Crippen LogP contribution is 2.23. The fourth-order valence-electron chi connectivity index (χ4n) is 3.47. The number of nitrogens with zero attached hydrogens (tertiary/aromatic N) is 5. The number of rotatable bonds is 5. The van der Waals surface area contributed by atoms with E-state index in [0.29, 0.717) is 29.8 Å². The molecule has 0 atom stereocenters. The molecule has 11 nitrogen and oxygen atoms in total. The van der Waals surface area contributed by atoms with Crippen molar-refractivity contribution < 1.29 is 37.0 Å². The molecule has 37 heavy (non-hydrogen) atoms. The zero-order chi connectivity index (χ0) is 27.2. The minimum absolute atomic E-state index is 0.128. The lowest BCUT2D eigenvalue weighted by Gasteiger charge is -2.18. The Hall–Kier alpha value is -3.78. The standard InChI is InChI=1S/C21H26N6O3.C2HF3O2/c1-14-11-15(2)27(25-14)19-12-18(23-21(24-19)17-6-5-16(3)30-17)22-20(28)13-26-7-4-9-29-10-8-26;3-2(4,5)1(6)7/h5-6,11-12H,4,7-10,13H2,1-3H3,(H,22,23,24,28);(H,6,7). The van der Waals surface area contributed by atoms with Gasteiger partial charge in [-0.2, -0.15) is 18.3 Å². The number of alkyl halides is 3. The van der Waals surface area contributed by atoms with E-state index >= 15 is 0 Å². The van der Waals surface area contributed by atoms with E-state index in [1.807, 2.05) is 39.0 Å². The van der Waals surface area contributed by atoms with Crippen molar-refractivity contribution in [2.75, 3.05) is 38.2 Å². The van der Waals surface area contributed by atoms with Crippen LogP contribution in [-0.2, 0) is 14.3 Å². The third-order valence-corrected chi connectivity index (χ3v) is 5.09. The fraction of sp³-hybridized carbons (Fsp3) is 0.435. The number of carboxylic acid groups (broad SMARTS) is 1. The molecule has 4 heterocycles. The van der Waals surface area contributed by atoms with E-state index in [0.717, 1.165) is 43.3 Å². The number of halogens is 3. The van der Waals surface area contributed by atoms with Crippen molar-refractivity contribution in [1.82, 2.24) is 24.6 Å². The average Bonchev–Trinajstić information content (AvgIpc) is 3.29. The van der Waals surface area contributed by atoms with Crippen LogP contribution in [0.25, 0.3) is 17.4 Å². The summed E-state index contributed by atoms with van der Waals surface area (Å²) in [6.07, 6.45) is -4.16. The van der Waals surface area contributed by atoms with Crippen LogP contribution < -0.4 is 5.32 Å². The van der Waals surface area contributed by atoms with Gasteiger partial charge in [-0.25, -0.2) is 19.4 Å². The molecular weight excluding hydrogens is 497 g/mol. The Kier molecular flexibility index (Phi) is 8.99. The van der Waals surface area contributed by atoms with Gasteiger partial charge in [-0.3, -0.25) is 9.69 Å². The first-order valence-electron chi connectivity index (χ1n) is 11.3. The molecule has 1 saturated heterocycles. The minimum atomic E-state index is -5.08. The number of aliphatic carboxylic acids is 1. The van der Waals surface area contributed by atoms with Crippen LogP contribution in [0.5, 0.6) is 0 Å². The van der Waals surface area contributed by atoms with Gasteiger partial charge >= 0.3 is 12.1 Å². The number of ether oxygens (including phenoxy) is 1. The molecule has 1 aliphatic rings. The van der Waals surface area contributed by atoms with E-state index in [-0.39, 0.29) is 12.5 Å². The summed E-state index contributed by atoms with van der Waals surface area (Å²) < 4.78 is 44.6. The second kappa shape index (κ2) is 12.0. The van der Waals surface area contributed by atoms with Crippen LogP contribution in [-0.4, -0.2) is 80.7 Å². The molecule has 1 aliphatic heterocycles. The van der Waals surface area contributed by atoms with Gasteiger partial charge in [-0.05, 0) is 45.4 Å². The molecule has 1 fully saturated rings. The van der Waals surface area contributed by atoms with Gasteiger partial charge in [0.1, 0.15) is 11.6 Å². The number of aryl methyl sites for hydroxylation is 3. The Morgan fingerprint density at radius 2 is 1.84 bits per heavy atom. The topological polar surface area (TPSA) is 136 Å². The van der Waals surface area contributed by atoms with Crippen molar-refractivity contribution in [1.29, 1.82) is 0 Å². The number of carbonyl (C=O) groups is 2. The van der Waals surface area contributed by atoms with Gasteiger partial charge in [0.15, 0.2) is 17.4 Å². The van der Waals surface area contributed by atoms with Gasteiger partial charge in [0, 0.05) is 31.5 Å². The van der Waals surface area contributed by atoms with E-state index in [4.69, 9.17) is 19.1 Å². The third-order valence-electron chi connectivity index (χ3n) is 5.09. The number of aromatic nitrogens is 4. The summed E-state index contributed by atoms with van der Waals surface area (Å²) in [5.74, 6) is -0.212. The van der Waals surface area contributed by atoms with Crippen molar-refractivity contribution in [2.24, 2.45) is 0 Å². The molecule has 0 bridgehead atoms. The quantitative estimate of drug-likeness (QED) is 0.516. The molecule has 0 aliphatic carbocycles. The number of carboxylic acids is 1. The predicted molar refractivity (Wildman–Crippen MR) is 125 cm³/mol. The minimum Gasteiger partial charge on any atom is -0.475 e. The first-order chi connectivity index (χ1) is 17.4. The van der Waals surface area contributed by atoms with Crippen LogP contribution in [0.2, 0.25) is 0 Å². The second-order valence-corrected chi connectivity index (χ2v) is 8.28. The van der Waals surface area contributed by atoms with E-state index in [1.54, 1.807) is 10.7 Å². The van der Waals surface area contributed by atoms with Gasteiger partial charge in [-0.1, -0.05) is 0 Å². The predicted octanol–water partition coefficient (Wildman–Crippen LogP) is 3.14. The molecule has 0 unspecified atom stereocenters. The molecule has 0 saturated carbocycles. The van der Waals surface area contributed by atoms with E-state index in [9.17, 15) is 18.0 Å². The van der Waals surface area contributed by atoms with Crippen LogP contribution in [0.15, 0.2) is 28.7 Å². The summed E-state index contributed by atoms with van der Waals surface area (Å²) in [6.45, 7) is 9.00. The Morgan fingerprint density at radius 1 is 1.11 bits per heavy atom. The molecule has 4 rings (SSSR count). The Labute approximate surface area is 210 Å². The number of furan rings is 1. The summed E-state index contributed by atoms with van der Waals surface area (Å²) in [5.41, 5.74) is 1.82. The Morgan fingerprint density at radius 3 is 2.43 bits per heavy atom. The summed E-state index contributed by atoms with van der Waals surface area (Å²) in [4.78, 5) is 32.8. The number of hydrogen-bond acceptors (Lipinski definition) is 8. The lowest BCUT2D eigenvalue weighted by atomic mass is 10.3. The van der Waals surface area contributed by atoms with Crippen molar-refractivity contribution in [3.8, 4) is 17.4 Å². The summed E-state index contributed by atoms with van der Waals surface area (Å²) in [6, 6.07) is 7.37. The SMILES string of the molecule is Cc1cc(C)n(-c2cc(NC(=O)CN3CCCOCC3)nc(-c3ccc(C)o3)n2)n1.O=C(O)C(F)(F)F. The average molecular weight is 525 g/mol. The smallest absolute Gasteiger partial charge is 0.475 e. The van der Waals surface area contributed by atoms with Gasteiger partial charge in [0.25, 0.3) is 0 Å². The van der Waals surface area contributed by atoms with Crippen LogP contribution in [0.4, 0.5) is 19.0 Å². The molecule has 3 aromatic heterocycles. The van der Waals surface area contributed by atoms with E-state index < -0.39 is 12.1 Å². The van der Waals surface area contributed by atoms with Crippen LogP contribution in [0.3, 0.4) is 0 Å². The third kappa shape index (κ3) is 8.11. The maximum Gasteiger partial charge on any atom is 0.490 e. The van der Waals surface area contributed by atoms with E-state index in [2.05, 4.69) is 25.3 Å². The monoisotopic (exact) mass is 524 g/mol. The zero-order valence-electron chi connectivity index (χ0n) is 20.5. The van der Waals surface area contributed by atoms with Crippen molar-refractivity contribution in [2.45, 2.75) is 33.4 Å². The zero-order valence-corrected chi connectivity index (χ0v) is 20.5. The number of amides is 1. The lowest BCUT2D eigenvalue weighted by molar-refractivity contribution is -0.192. The molecule has 14 heteroatoms. The molecule has 1 amide bonds. The normalized spacial score (nSPS) is 14.4. The Bertz CT molecular complexity index is 1230. The van der Waals surface area contributed by atoms with Gasteiger partial charge < -0.3 is 19.6 Å². The van der Waals surface area contributed by atoms with E-state index in [1.165, 1.54) is 0 Å². The highest BCUT2D eigenvalue weighted by molar-refractivity contribution is 5.91. The first kappa shape index (κ1) is 27.8. The van der Waals surface area contributed by atoms with Gasteiger partial charge in [-0.15, -0.1) is 0 Å². The van der Waals surface area contributed by atoms with Crippen LogP contribution >= 0.6 is 0 Å². The lowest BCUT2D eigenvalue weighted by Crippen LogP contribution is -2.35. The van der Waals surface area contributed by atoms with Crippen molar-refractivity contribution in [3.63, 3.8) is 0 Å². The molecule has 200 valence electrons. The highest BCUT2D eigenvalue weighted by atomic mass is 19.4. The number of anilines is 1. The summed E-state index contributed by atoms with van der Waals surface area (Å²) in [5, 5.41) is 14.5. The molecular formula is C23H27F3N6O5. The molecule has 2 N–H and O–H groups in total. The maximum absolute atomic E-state index is 12.7. The molecule has 0 spiro atoms. The maximum atomic E-state index is 12.7. The van der Waals surface area contributed by atoms with Crippen LogP contribution in [0, 0.1) is 20.8 Å². The number of nitrogens with one attached hydrogen (secondary N) is 1. The van der Waals surface area contributed by atoms with Gasteiger partial charge in [0.05, 0.1) is 18.8 Å². The molecule has 0 radical (unpaired) electrons. The number of hydrogen-bond donors (Lipinski definition) is 2. The first-order valence-corrected chi connectivity index (χ1v) is 11.3. The summed E-state index contributed by atoms with van der Waals surface area (Å²) >= 11 is 0. The van der Waals surface area contributed by atoms with Crippen molar-refractivity contribution >= 4 is 17.7 Å². The van der Waals surface area contributed by atoms with Crippen LogP contribution in [0.1, 0.15) is 23.6 Å². The largest absolute Gasteiger partial charge is 0.490 e. The highest BCUT2D eigenvalue weighted by Gasteiger charge is 2.38.